The molecule has 0 unspecified atom stereocenters. The molecule has 3 aliphatic heterocycles. The van der Waals surface area contributed by atoms with Crippen LogP contribution in [0.5, 0.6) is 11.5 Å². The second kappa shape index (κ2) is 15.4. The van der Waals surface area contributed by atoms with E-state index in [0.29, 0.717) is 58.3 Å². The van der Waals surface area contributed by atoms with Crippen molar-refractivity contribution in [3.8, 4) is 11.5 Å². The molecule has 5 rings (SSSR count). The number of benzene rings is 2. The molecule has 2 aromatic carbocycles. The summed E-state index contributed by atoms with van der Waals surface area (Å²) >= 11 is 0. The van der Waals surface area contributed by atoms with Crippen molar-refractivity contribution < 1.29 is 38.3 Å². The predicted octanol–water partition coefficient (Wildman–Crippen LogP) is 3.15. The van der Waals surface area contributed by atoms with E-state index in [1.165, 1.54) is 0 Å². The zero-order valence-corrected chi connectivity index (χ0v) is 24.3. The molecule has 42 heavy (non-hydrogen) atoms. The van der Waals surface area contributed by atoms with Crippen molar-refractivity contribution in [2.75, 3.05) is 72.6 Å². The first-order chi connectivity index (χ1) is 20.7. The number of aliphatic hydroxyl groups excluding tert-OH is 1. The molecule has 2 aromatic rings. The maximum absolute atomic E-state index is 13.7. The van der Waals surface area contributed by atoms with Gasteiger partial charge in [-0.05, 0) is 42.7 Å². The highest BCUT2D eigenvalue weighted by Crippen LogP contribution is 2.39. The number of nitrogens with zero attached hydrogens (tertiary/aromatic N) is 2. The van der Waals surface area contributed by atoms with E-state index in [-0.39, 0.29) is 31.1 Å². The molecule has 1 saturated heterocycles. The molecule has 1 amide bonds. The molecule has 0 aromatic heterocycles. The molecule has 3 atom stereocenters. The SMILES string of the molecule is CCO[C@H]1OC(C(=O)N2CCN(Cc3ccc4c(c3)OCO4)CC2)=C[C@@H](c2ccccc2)[C@@H]1CCOCCOCCO. The average molecular weight is 583 g/mol. The Bertz CT molecular complexity index is 1170. The Labute approximate surface area is 247 Å². The molecule has 3 aliphatic rings. The van der Waals surface area contributed by atoms with Crippen LogP contribution in [0, 0.1) is 5.92 Å². The number of rotatable bonds is 14. The Morgan fingerprint density at radius 1 is 0.952 bits per heavy atom. The normalized spacial score (nSPS) is 22.1. The highest BCUT2D eigenvalue weighted by molar-refractivity contribution is 5.92. The van der Waals surface area contributed by atoms with Crippen LogP contribution in [0.4, 0.5) is 0 Å². The number of hydrogen-bond acceptors (Lipinski definition) is 9. The summed E-state index contributed by atoms with van der Waals surface area (Å²) in [5, 5.41) is 8.86. The number of piperazine rings is 1. The van der Waals surface area contributed by atoms with E-state index in [1.54, 1.807) is 0 Å². The largest absolute Gasteiger partial charge is 0.459 e. The molecule has 3 heterocycles. The van der Waals surface area contributed by atoms with Gasteiger partial charge in [-0.25, -0.2) is 0 Å². The second-order valence-electron chi connectivity index (χ2n) is 10.6. The van der Waals surface area contributed by atoms with Gasteiger partial charge in [-0.1, -0.05) is 36.4 Å². The number of carbonyl (C=O) groups excluding carboxylic acids is 1. The summed E-state index contributed by atoms with van der Waals surface area (Å²) in [7, 11) is 0. The standard InChI is InChI=1S/C32H42N2O8/c1-2-39-32-26(10-16-37-18-19-38-17-15-35)27(25-6-4-3-5-7-25)21-30(42-32)31(36)34-13-11-33(12-14-34)22-24-8-9-28-29(20-24)41-23-40-28/h3-9,20-21,26-27,32,35H,2,10-19,22-23H2,1H3/t26-,27-,32-/m0/s1. The Hall–Kier alpha value is -3.15. The van der Waals surface area contributed by atoms with E-state index >= 15 is 0 Å². The van der Waals surface area contributed by atoms with Crippen LogP contribution >= 0.6 is 0 Å². The van der Waals surface area contributed by atoms with Gasteiger partial charge in [0, 0.05) is 57.8 Å². The summed E-state index contributed by atoms with van der Waals surface area (Å²) in [6.07, 6.45) is 2.10. The summed E-state index contributed by atoms with van der Waals surface area (Å²) in [4.78, 5) is 18.0. The summed E-state index contributed by atoms with van der Waals surface area (Å²) in [6, 6.07) is 16.2. The van der Waals surface area contributed by atoms with Gasteiger partial charge in [0.2, 0.25) is 13.1 Å². The van der Waals surface area contributed by atoms with Crippen LogP contribution < -0.4 is 9.47 Å². The molecule has 10 heteroatoms. The second-order valence-corrected chi connectivity index (χ2v) is 10.6. The van der Waals surface area contributed by atoms with Crippen LogP contribution in [-0.4, -0.2) is 99.7 Å². The molecule has 1 fully saturated rings. The fourth-order valence-corrected chi connectivity index (χ4v) is 5.65. The lowest BCUT2D eigenvalue weighted by Crippen LogP contribution is -2.50. The third-order valence-corrected chi connectivity index (χ3v) is 7.82. The van der Waals surface area contributed by atoms with Crippen molar-refractivity contribution in [2.45, 2.75) is 32.1 Å². The zero-order chi connectivity index (χ0) is 29.1. The maximum Gasteiger partial charge on any atom is 0.288 e. The lowest BCUT2D eigenvalue weighted by molar-refractivity contribution is -0.172. The van der Waals surface area contributed by atoms with E-state index in [0.717, 1.165) is 42.3 Å². The van der Waals surface area contributed by atoms with Crippen molar-refractivity contribution in [1.29, 1.82) is 0 Å². The maximum atomic E-state index is 13.7. The van der Waals surface area contributed by atoms with E-state index in [1.807, 2.05) is 48.2 Å². The Balaban J connectivity index is 1.22. The van der Waals surface area contributed by atoms with E-state index in [2.05, 4.69) is 23.1 Å². The minimum Gasteiger partial charge on any atom is -0.459 e. The third-order valence-electron chi connectivity index (χ3n) is 7.82. The number of amides is 1. The first-order valence-corrected chi connectivity index (χ1v) is 14.9. The fraction of sp³-hybridized carbons (Fsp3) is 0.531. The number of fused-ring (bicyclic) bond motifs is 1. The zero-order valence-electron chi connectivity index (χ0n) is 24.3. The van der Waals surface area contributed by atoms with Crippen LogP contribution in [0.2, 0.25) is 0 Å². The first kappa shape index (κ1) is 30.3. The highest BCUT2D eigenvalue weighted by Gasteiger charge is 2.39. The quantitative estimate of drug-likeness (QED) is 0.337. The molecule has 0 bridgehead atoms. The molecule has 0 saturated carbocycles. The van der Waals surface area contributed by atoms with Gasteiger partial charge in [-0.15, -0.1) is 0 Å². The number of allylic oxidation sites excluding steroid dienone is 1. The molecular weight excluding hydrogens is 540 g/mol. The smallest absolute Gasteiger partial charge is 0.288 e. The average Bonchev–Trinajstić information content (AvgIpc) is 3.50. The van der Waals surface area contributed by atoms with Crippen molar-refractivity contribution >= 4 is 5.91 Å². The van der Waals surface area contributed by atoms with Gasteiger partial charge in [0.25, 0.3) is 5.91 Å². The van der Waals surface area contributed by atoms with Crippen molar-refractivity contribution in [3.63, 3.8) is 0 Å². The van der Waals surface area contributed by atoms with Crippen LogP contribution in [0.3, 0.4) is 0 Å². The topological polar surface area (TPSA) is 99.2 Å². The lowest BCUT2D eigenvalue weighted by Gasteiger charge is -2.39. The Morgan fingerprint density at radius 2 is 1.71 bits per heavy atom. The number of hydrogen-bond donors (Lipinski definition) is 1. The van der Waals surface area contributed by atoms with Gasteiger partial charge in [0.1, 0.15) is 0 Å². The minimum atomic E-state index is -0.564. The van der Waals surface area contributed by atoms with Crippen LogP contribution in [0.1, 0.15) is 30.4 Å². The van der Waals surface area contributed by atoms with Crippen LogP contribution in [-0.2, 0) is 30.3 Å². The monoisotopic (exact) mass is 582 g/mol. The number of carbonyl (C=O) groups is 1. The van der Waals surface area contributed by atoms with E-state index in [4.69, 9.17) is 33.5 Å². The molecule has 228 valence electrons. The molecule has 0 spiro atoms. The fourth-order valence-electron chi connectivity index (χ4n) is 5.65. The summed E-state index contributed by atoms with van der Waals surface area (Å²) in [5.41, 5.74) is 2.27. The van der Waals surface area contributed by atoms with Gasteiger partial charge in [0.05, 0.1) is 26.4 Å². The van der Waals surface area contributed by atoms with Gasteiger partial charge < -0.3 is 38.4 Å². The van der Waals surface area contributed by atoms with Gasteiger partial charge in [0.15, 0.2) is 17.3 Å². The van der Waals surface area contributed by atoms with Crippen LogP contribution in [0.15, 0.2) is 60.4 Å². The summed E-state index contributed by atoms with van der Waals surface area (Å²) in [6.45, 7) is 7.93. The van der Waals surface area contributed by atoms with Gasteiger partial charge in [-0.2, -0.15) is 0 Å². The van der Waals surface area contributed by atoms with E-state index < -0.39 is 6.29 Å². The molecule has 0 radical (unpaired) electrons. The third kappa shape index (κ3) is 7.81. The highest BCUT2D eigenvalue weighted by atomic mass is 16.7. The van der Waals surface area contributed by atoms with E-state index in [9.17, 15) is 4.79 Å². The molecular formula is C32H42N2O8. The van der Waals surface area contributed by atoms with Gasteiger partial charge >= 0.3 is 0 Å². The summed E-state index contributed by atoms with van der Waals surface area (Å²) in [5.74, 6) is 1.74. The first-order valence-electron chi connectivity index (χ1n) is 14.9. The predicted molar refractivity (Wildman–Crippen MR) is 155 cm³/mol. The van der Waals surface area contributed by atoms with Crippen molar-refractivity contribution in [2.24, 2.45) is 5.92 Å². The lowest BCUT2D eigenvalue weighted by atomic mass is 9.81. The minimum absolute atomic E-state index is 0.00154. The van der Waals surface area contributed by atoms with Gasteiger partial charge in [-0.3, -0.25) is 9.69 Å². The molecule has 0 aliphatic carbocycles. The summed E-state index contributed by atoms with van der Waals surface area (Å²) < 4.78 is 34.4. The van der Waals surface area contributed by atoms with Crippen molar-refractivity contribution in [1.82, 2.24) is 9.80 Å². The van der Waals surface area contributed by atoms with Crippen molar-refractivity contribution in [3.05, 3.63) is 71.5 Å². The Kier molecular flexibility index (Phi) is 11.1. The number of aliphatic hydroxyl groups is 1. The number of ether oxygens (including phenoxy) is 6. The molecule has 1 N–H and O–H groups in total. The van der Waals surface area contributed by atoms with Crippen LogP contribution in [0.25, 0.3) is 0 Å². The Morgan fingerprint density at radius 3 is 2.48 bits per heavy atom. The molecule has 10 nitrogen and oxygen atoms in total.